The highest BCUT2D eigenvalue weighted by Gasteiger charge is 2.38. The van der Waals surface area contributed by atoms with E-state index in [0.29, 0.717) is 0 Å². The molecule has 0 atom stereocenters. The lowest BCUT2D eigenvalue weighted by atomic mass is 9.97. The first-order valence-electron chi connectivity index (χ1n) is 5.74. The van der Waals surface area contributed by atoms with Crippen molar-refractivity contribution in [2.45, 2.75) is 33.7 Å². The molecule has 0 unspecified atom stereocenters. The number of ether oxygens (including phenoxy) is 1. The highest BCUT2D eigenvalue weighted by molar-refractivity contribution is 7.89. The minimum absolute atomic E-state index is 0.502. The van der Waals surface area contributed by atoms with Crippen LogP contribution >= 0.6 is 0 Å². The minimum atomic E-state index is -3.88. The number of sulfonamides is 1. The average molecular weight is 295 g/mol. The second-order valence-electron chi connectivity index (χ2n) is 5.16. The second-order valence-corrected chi connectivity index (χ2v) is 7.09. The Balaban J connectivity index is 5.24. The summed E-state index contributed by atoms with van der Waals surface area (Å²) < 4.78 is 29.8. The molecule has 1 N–H and O–H groups in total. The van der Waals surface area contributed by atoms with Crippen molar-refractivity contribution in [2.75, 3.05) is 19.4 Å². The van der Waals surface area contributed by atoms with Gasteiger partial charge in [0.15, 0.2) is 0 Å². The number of carbonyl (C=O) groups is 2. The van der Waals surface area contributed by atoms with E-state index in [-0.39, 0.29) is 0 Å². The van der Waals surface area contributed by atoms with Crippen LogP contribution in [-0.4, -0.2) is 55.2 Å². The predicted octanol–water partition coefficient (Wildman–Crippen LogP) is 0.310. The van der Waals surface area contributed by atoms with Gasteiger partial charge in [-0.1, -0.05) is 0 Å². The molecule has 7 nitrogen and oxygen atoms in total. The zero-order valence-corrected chi connectivity index (χ0v) is 12.7. The number of carbonyl (C=O) groups excluding carboxylic acids is 1. The lowest BCUT2D eigenvalue weighted by molar-refractivity contribution is -0.149. The van der Waals surface area contributed by atoms with Gasteiger partial charge in [0, 0.05) is 6.04 Å². The van der Waals surface area contributed by atoms with Gasteiger partial charge in [0.25, 0.3) is 0 Å². The van der Waals surface area contributed by atoms with Crippen molar-refractivity contribution in [3.05, 3.63) is 0 Å². The maximum Gasteiger partial charge on any atom is 0.318 e. The molecule has 0 aromatic rings. The zero-order chi connectivity index (χ0) is 15.4. The molecule has 0 bridgehead atoms. The number of aliphatic carboxylic acids is 1. The van der Waals surface area contributed by atoms with Crippen molar-refractivity contribution in [3.8, 4) is 0 Å². The van der Waals surface area contributed by atoms with Crippen LogP contribution in [0.3, 0.4) is 0 Å². The summed E-state index contributed by atoms with van der Waals surface area (Å²) in [6, 6.07) is -0.505. The molecule has 8 heteroatoms. The molecule has 0 spiro atoms. The van der Waals surface area contributed by atoms with Gasteiger partial charge < -0.3 is 9.84 Å². The number of carboxylic acid groups (broad SMARTS) is 1. The standard InChI is InChI=1S/C11H21NO6S/c1-8(2)12(6-9(13)14)19(16,17)7-11(3,4)10(15)18-5/h8H,6-7H2,1-5H3,(H,13,14). The van der Waals surface area contributed by atoms with Gasteiger partial charge in [-0.15, -0.1) is 0 Å². The lowest BCUT2D eigenvalue weighted by Crippen LogP contribution is -2.46. The van der Waals surface area contributed by atoms with Gasteiger partial charge in [0.05, 0.1) is 18.3 Å². The fraction of sp³-hybridized carbons (Fsp3) is 0.818. The van der Waals surface area contributed by atoms with E-state index in [2.05, 4.69) is 4.74 Å². The van der Waals surface area contributed by atoms with Crippen LogP contribution in [0, 0.1) is 5.41 Å². The molecule has 0 saturated heterocycles. The van der Waals surface area contributed by atoms with Crippen LogP contribution in [-0.2, 0) is 24.3 Å². The van der Waals surface area contributed by atoms with E-state index in [1.807, 2.05) is 0 Å². The SMILES string of the molecule is COC(=O)C(C)(C)CS(=O)(=O)N(CC(=O)O)C(C)C. The van der Waals surface area contributed by atoms with E-state index in [9.17, 15) is 18.0 Å². The number of esters is 1. The number of hydrogen-bond acceptors (Lipinski definition) is 5. The molecule has 0 aromatic heterocycles. The van der Waals surface area contributed by atoms with Gasteiger partial charge in [-0.25, -0.2) is 8.42 Å². The number of methoxy groups -OCH3 is 1. The molecule has 0 amide bonds. The Hall–Kier alpha value is -1.15. The van der Waals surface area contributed by atoms with Crippen LogP contribution in [0.1, 0.15) is 27.7 Å². The van der Waals surface area contributed by atoms with E-state index in [4.69, 9.17) is 5.11 Å². The predicted molar refractivity (Wildman–Crippen MR) is 69.1 cm³/mol. The van der Waals surface area contributed by atoms with Crippen LogP contribution < -0.4 is 0 Å². The summed E-state index contributed by atoms with van der Waals surface area (Å²) in [5.41, 5.74) is -1.24. The highest BCUT2D eigenvalue weighted by atomic mass is 32.2. The number of rotatable bonds is 7. The van der Waals surface area contributed by atoms with E-state index >= 15 is 0 Å². The summed E-state index contributed by atoms with van der Waals surface area (Å²) in [6.45, 7) is 5.40. The van der Waals surface area contributed by atoms with Crippen molar-refractivity contribution >= 4 is 22.0 Å². The first-order chi connectivity index (χ1) is 8.44. The quantitative estimate of drug-likeness (QED) is 0.678. The van der Waals surface area contributed by atoms with Crippen molar-refractivity contribution in [1.82, 2.24) is 4.31 Å². The van der Waals surface area contributed by atoms with E-state index < -0.39 is 45.7 Å². The molecule has 0 aliphatic heterocycles. The van der Waals surface area contributed by atoms with E-state index in [1.165, 1.54) is 21.0 Å². The van der Waals surface area contributed by atoms with E-state index in [1.54, 1.807) is 13.8 Å². The van der Waals surface area contributed by atoms with Crippen LogP contribution in [0.4, 0.5) is 0 Å². The summed E-state index contributed by atoms with van der Waals surface area (Å²) >= 11 is 0. The van der Waals surface area contributed by atoms with Crippen molar-refractivity contribution < 1.29 is 27.9 Å². The maximum atomic E-state index is 12.2. The second kappa shape index (κ2) is 6.33. The summed E-state index contributed by atoms with van der Waals surface area (Å²) in [5.74, 6) is -2.40. The van der Waals surface area contributed by atoms with Gasteiger partial charge in [0.1, 0.15) is 6.54 Å². The maximum absolute atomic E-state index is 12.2. The molecule has 0 aromatic carbocycles. The Morgan fingerprint density at radius 2 is 1.79 bits per heavy atom. The molecule has 0 aliphatic carbocycles. The molecule has 0 heterocycles. The van der Waals surface area contributed by atoms with Crippen LogP contribution in [0.25, 0.3) is 0 Å². The van der Waals surface area contributed by atoms with Crippen LogP contribution in [0.2, 0.25) is 0 Å². The molecular weight excluding hydrogens is 274 g/mol. The number of hydrogen-bond donors (Lipinski definition) is 1. The third kappa shape index (κ3) is 5.15. The van der Waals surface area contributed by atoms with Crippen molar-refractivity contribution in [2.24, 2.45) is 5.41 Å². The average Bonchev–Trinajstić information content (AvgIpc) is 2.22. The molecule has 0 radical (unpaired) electrons. The Morgan fingerprint density at radius 1 is 1.32 bits per heavy atom. The summed E-state index contributed by atoms with van der Waals surface area (Å²) in [6.07, 6.45) is 0. The lowest BCUT2D eigenvalue weighted by Gasteiger charge is -2.28. The first-order valence-corrected chi connectivity index (χ1v) is 7.34. The molecule has 112 valence electrons. The Bertz CT molecular complexity index is 440. The van der Waals surface area contributed by atoms with Gasteiger partial charge >= 0.3 is 11.9 Å². The molecule has 0 aliphatic rings. The Labute approximate surface area is 113 Å². The Kier molecular flexibility index (Phi) is 5.95. The number of carboxylic acids is 1. The summed E-state index contributed by atoms with van der Waals surface area (Å²) in [4.78, 5) is 22.2. The molecule has 19 heavy (non-hydrogen) atoms. The van der Waals surface area contributed by atoms with Crippen LogP contribution in [0.15, 0.2) is 0 Å². The minimum Gasteiger partial charge on any atom is -0.480 e. The molecule has 0 rings (SSSR count). The summed E-state index contributed by atoms with van der Waals surface area (Å²) in [5, 5.41) is 8.75. The van der Waals surface area contributed by atoms with Gasteiger partial charge in [0.2, 0.25) is 10.0 Å². The van der Waals surface area contributed by atoms with Crippen LogP contribution in [0.5, 0.6) is 0 Å². The molecule has 0 saturated carbocycles. The third-order valence-electron chi connectivity index (χ3n) is 2.51. The van der Waals surface area contributed by atoms with Crippen molar-refractivity contribution in [1.29, 1.82) is 0 Å². The first kappa shape index (κ1) is 17.8. The normalized spacial score (nSPS) is 12.8. The van der Waals surface area contributed by atoms with Gasteiger partial charge in [-0.3, -0.25) is 9.59 Å². The third-order valence-corrected chi connectivity index (χ3v) is 4.86. The smallest absolute Gasteiger partial charge is 0.318 e. The fourth-order valence-corrected chi connectivity index (χ4v) is 3.75. The Morgan fingerprint density at radius 3 is 2.11 bits per heavy atom. The molecule has 0 fully saturated rings. The number of nitrogens with zero attached hydrogens (tertiary/aromatic N) is 1. The van der Waals surface area contributed by atoms with Gasteiger partial charge in [-0.2, -0.15) is 4.31 Å². The van der Waals surface area contributed by atoms with Gasteiger partial charge in [-0.05, 0) is 27.7 Å². The van der Waals surface area contributed by atoms with Crippen molar-refractivity contribution in [3.63, 3.8) is 0 Å². The fourth-order valence-electron chi connectivity index (χ4n) is 1.61. The monoisotopic (exact) mass is 295 g/mol. The zero-order valence-electron chi connectivity index (χ0n) is 11.8. The molecular formula is C11H21NO6S. The van der Waals surface area contributed by atoms with E-state index in [0.717, 1.165) is 4.31 Å². The highest BCUT2D eigenvalue weighted by Crippen LogP contribution is 2.22. The largest absolute Gasteiger partial charge is 0.480 e. The summed E-state index contributed by atoms with van der Waals surface area (Å²) in [7, 11) is -2.70. The topological polar surface area (TPSA) is 101 Å².